The molecule has 5 heteroatoms. The van der Waals surface area contributed by atoms with Gasteiger partial charge in [-0.25, -0.2) is 9.97 Å². The molecule has 1 amide bonds. The Morgan fingerprint density at radius 1 is 0.828 bits per heavy atom. The van der Waals surface area contributed by atoms with Crippen LogP contribution in [0.15, 0.2) is 78.9 Å². The molecule has 144 valence electrons. The summed E-state index contributed by atoms with van der Waals surface area (Å²) in [5, 5.41) is 7.10. The second-order valence-corrected chi connectivity index (χ2v) is 6.76. The Morgan fingerprint density at radius 2 is 1.55 bits per heavy atom. The van der Waals surface area contributed by atoms with Crippen molar-refractivity contribution in [1.29, 1.82) is 0 Å². The van der Waals surface area contributed by atoms with Crippen LogP contribution in [0.1, 0.15) is 28.7 Å². The lowest BCUT2D eigenvalue weighted by atomic mass is 10.1. The SMILES string of the molecule is CCc1ccc(Nc2nc(C(=O)NCc3ccccc3)nc3ccccc23)cc1. The van der Waals surface area contributed by atoms with Gasteiger partial charge in [-0.2, -0.15) is 0 Å². The smallest absolute Gasteiger partial charge is 0.289 e. The molecule has 0 atom stereocenters. The molecule has 3 aromatic carbocycles. The van der Waals surface area contributed by atoms with Gasteiger partial charge in [0, 0.05) is 17.6 Å². The highest BCUT2D eigenvalue weighted by Gasteiger charge is 2.14. The van der Waals surface area contributed by atoms with E-state index in [4.69, 9.17) is 0 Å². The number of hydrogen-bond donors (Lipinski definition) is 2. The van der Waals surface area contributed by atoms with Crippen LogP contribution in [0.4, 0.5) is 11.5 Å². The largest absolute Gasteiger partial charge is 0.345 e. The first-order valence-electron chi connectivity index (χ1n) is 9.68. The number of para-hydroxylation sites is 1. The van der Waals surface area contributed by atoms with Gasteiger partial charge in [-0.15, -0.1) is 0 Å². The fourth-order valence-corrected chi connectivity index (χ4v) is 3.09. The maximum absolute atomic E-state index is 12.7. The number of rotatable bonds is 6. The predicted molar refractivity (Wildman–Crippen MR) is 116 cm³/mol. The molecular formula is C24H22N4O. The summed E-state index contributed by atoms with van der Waals surface area (Å²) in [5.41, 5.74) is 3.93. The van der Waals surface area contributed by atoms with Crippen LogP contribution in [-0.2, 0) is 13.0 Å². The van der Waals surface area contributed by atoms with Crippen molar-refractivity contribution in [3.63, 3.8) is 0 Å². The third-order valence-electron chi connectivity index (χ3n) is 4.73. The molecule has 0 unspecified atom stereocenters. The molecule has 0 saturated carbocycles. The van der Waals surface area contributed by atoms with Crippen molar-refractivity contribution in [3.05, 3.63) is 95.8 Å². The van der Waals surface area contributed by atoms with Gasteiger partial charge < -0.3 is 10.6 Å². The molecule has 4 aromatic rings. The van der Waals surface area contributed by atoms with E-state index in [1.165, 1.54) is 5.56 Å². The van der Waals surface area contributed by atoms with Crippen LogP contribution in [0.5, 0.6) is 0 Å². The highest BCUT2D eigenvalue weighted by molar-refractivity contribution is 5.97. The fourth-order valence-electron chi connectivity index (χ4n) is 3.09. The first kappa shape index (κ1) is 18.6. The number of carbonyl (C=O) groups excluding carboxylic acids is 1. The van der Waals surface area contributed by atoms with Gasteiger partial charge in [0.15, 0.2) is 0 Å². The van der Waals surface area contributed by atoms with E-state index in [9.17, 15) is 4.79 Å². The van der Waals surface area contributed by atoms with Crippen LogP contribution >= 0.6 is 0 Å². The van der Waals surface area contributed by atoms with Crippen LogP contribution in [0.25, 0.3) is 10.9 Å². The lowest BCUT2D eigenvalue weighted by Crippen LogP contribution is -2.25. The number of aryl methyl sites for hydroxylation is 1. The van der Waals surface area contributed by atoms with Crippen molar-refractivity contribution in [3.8, 4) is 0 Å². The minimum absolute atomic E-state index is 0.146. The zero-order valence-electron chi connectivity index (χ0n) is 16.2. The average molecular weight is 382 g/mol. The molecule has 5 nitrogen and oxygen atoms in total. The van der Waals surface area contributed by atoms with Gasteiger partial charge in [0.1, 0.15) is 5.82 Å². The van der Waals surface area contributed by atoms with Gasteiger partial charge in [0.25, 0.3) is 5.91 Å². The molecule has 0 bridgehead atoms. The summed E-state index contributed by atoms with van der Waals surface area (Å²) in [6, 6.07) is 25.6. The fraction of sp³-hybridized carbons (Fsp3) is 0.125. The Hall–Kier alpha value is -3.73. The average Bonchev–Trinajstić information content (AvgIpc) is 2.78. The number of anilines is 2. The molecule has 0 radical (unpaired) electrons. The summed E-state index contributed by atoms with van der Waals surface area (Å²) < 4.78 is 0. The molecule has 0 aliphatic carbocycles. The molecule has 4 rings (SSSR count). The number of amides is 1. The normalized spacial score (nSPS) is 10.7. The molecule has 0 saturated heterocycles. The molecule has 1 aromatic heterocycles. The van der Waals surface area contributed by atoms with Crippen LogP contribution in [0, 0.1) is 0 Å². The monoisotopic (exact) mass is 382 g/mol. The first-order valence-corrected chi connectivity index (χ1v) is 9.68. The summed E-state index contributed by atoms with van der Waals surface area (Å²) >= 11 is 0. The Bertz CT molecular complexity index is 1120. The molecule has 2 N–H and O–H groups in total. The molecule has 0 fully saturated rings. The number of nitrogens with one attached hydrogen (secondary N) is 2. The van der Waals surface area contributed by atoms with E-state index >= 15 is 0 Å². The van der Waals surface area contributed by atoms with E-state index in [1.807, 2.05) is 66.7 Å². The maximum atomic E-state index is 12.7. The molecule has 0 spiro atoms. The van der Waals surface area contributed by atoms with E-state index in [0.29, 0.717) is 12.4 Å². The van der Waals surface area contributed by atoms with E-state index in [1.54, 1.807) is 0 Å². The summed E-state index contributed by atoms with van der Waals surface area (Å²) in [6.07, 6.45) is 0.989. The Morgan fingerprint density at radius 3 is 2.31 bits per heavy atom. The van der Waals surface area contributed by atoms with E-state index < -0.39 is 0 Å². The van der Waals surface area contributed by atoms with Crippen molar-refractivity contribution in [2.24, 2.45) is 0 Å². The lowest BCUT2D eigenvalue weighted by Gasteiger charge is -2.11. The highest BCUT2D eigenvalue weighted by Crippen LogP contribution is 2.24. The van der Waals surface area contributed by atoms with Crippen LogP contribution in [-0.4, -0.2) is 15.9 Å². The Balaban J connectivity index is 1.61. The van der Waals surface area contributed by atoms with E-state index in [0.717, 1.165) is 28.6 Å². The van der Waals surface area contributed by atoms with E-state index in [2.05, 4.69) is 39.7 Å². The second kappa shape index (κ2) is 8.52. The maximum Gasteiger partial charge on any atom is 0.289 e. The zero-order valence-corrected chi connectivity index (χ0v) is 16.2. The quantitative estimate of drug-likeness (QED) is 0.499. The van der Waals surface area contributed by atoms with Gasteiger partial charge in [0.05, 0.1) is 5.52 Å². The standard InChI is InChI=1S/C24H22N4O/c1-2-17-12-14-19(15-13-17)26-22-20-10-6-7-11-21(20)27-23(28-22)24(29)25-16-18-8-4-3-5-9-18/h3-15H,2,16H2,1H3,(H,25,29)(H,26,27,28). The number of fused-ring (bicyclic) bond motifs is 1. The van der Waals surface area contributed by atoms with Gasteiger partial charge >= 0.3 is 0 Å². The van der Waals surface area contributed by atoms with Gasteiger partial charge in [-0.1, -0.05) is 61.5 Å². The number of hydrogen-bond acceptors (Lipinski definition) is 4. The molecule has 0 aliphatic rings. The van der Waals surface area contributed by atoms with Crippen molar-refractivity contribution >= 4 is 28.3 Å². The topological polar surface area (TPSA) is 66.9 Å². The van der Waals surface area contributed by atoms with Gasteiger partial charge in [-0.05, 0) is 41.8 Å². The second-order valence-electron chi connectivity index (χ2n) is 6.76. The minimum atomic E-state index is -0.302. The summed E-state index contributed by atoms with van der Waals surface area (Å²) in [5.74, 6) is 0.459. The summed E-state index contributed by atoms with van der Waals surface area (Å²) in [4.78, 5) is 21.7. The Labute approximate surface area is 169 Å². The number of aromatic nitrogens is 2. The van der Waals surface area contributed by atoms with Crippen molar-refractivity contribution in [2.75, 3.05) is 5.32 Å². The predicted octanol–water partition coefficient (Wildman–Crippen LogP) is 4.87. The number of nitrogens with zero attached hydrogens (tertiary/aromatic N) is 2. The first-order chi connectivity index (χ1) is 14.2. The third kappa shape index (κ3) is 4.41. The molecular weight excluding hydrogens is 360 g/mol. The molecule has 1 heterocycles. The highest BCUT2D eigenvalue weighted by atomic mass is 16.2. The minimum Gasteiger partial charge on any atom is -0.345 e. The lowest BCUT2D eigenvalue weighted by molar-refractivity contribution is 0.0941. The van der Waals surface area contributed by atoms with Crippen molar-refractivity contribution in [1.82, 2.24) is 15.3 Å². The molecule has 29 heavy (non-hydrogen) atoms. The van der Waals surface area contributed by atoms with Crippen molar-refractivity contribution < 1.29 is 4.79 Å². The number of benzene rings is 3. The van der Waals surface area contributed by atoms with Gasteiger partial charge in [0.2, 0.25) is 5.82 Å². The van der Waals surface area contributed by atoms with E-state index in [-0.39, 0.29) is 11.7 Å². The van der Waals surface area contributed by atoms with Crippen LogP contribution in [0.3, 0.4) is 0 Å². The Kier molecular flexibility index (Phi) is 5.47. The number of carbonyl (C=O) groups is 1. The third-order valence-corrected chi connectivity index (χ3v) is 4.73. The van der Waals surface area contributed by atoms with Crippen LogP contribution in [0.2, 0.25) is 0 Å². The van der Waals surface area contributed by atoms with Gasteiger partial charge in [-0.3, -0.25) is 4.79 Å². The summed E-state index contributed by atoms with van der Waals surface area (Å²) in [7, 11) is 0. The van der Waals surface area contributed by atoms with Crippen LogP contribution < -0.4 is 10.6 Å². The zero-order chi connectivity index (χ0) is 20.1. The van der Waals surface area contributed by atoms with Crippen molar-refractivity contribution in [2.45, 2.75) is 19.9 Å². The molecule has 0 aliphatic heterocycles. The summed E-state index contributed by atoms with van der Waals surface area (Å²) in [6.45, 7) is 2.55.